The van der Waals surface area contributed by atoms with E-state index in [0.29, 0.717) is 5.02 Å². The molecule has 0 fully saturated rings. The second-order valence-corrected chi connectivity index (χ2v) is 6.30. The molecule has 0 aromatic heterocycles. The topological polar surface area (TPSA) is 9.23 Å². The van der Waals surface area contributed by atoms with Gasteiger partial charge in [0.05, 0.1) is 0 Å². The monoisotopic (exact) mass is 377 g/mol. The second kappa shape index (κ2) is 8.46. The number of benzene rings is 2. The van der Waals surface area contributed by atoms with Crippen LogP contribution in [-0.2, 0) is 26.2 Å². The first-order valence-corrected chi connectivity index (χ1v) is 7.18. The molecular weight excluding hydrogens is 362 g/mol. The molecule has 0 aliphatic carbocycles. The third kappa shape index (κ3) is 4.91. The Morgan fingerprint density at radius 3 is 2.05 bits per heavy atom. The van der Waals surface area contributed by atoms with Crippen LogP contribution in [0.1, 0.15) is 26.3 Å². The Labute approximate surface area is 156 Å². The van der Waals surface area contributed by atoms with E-state index in [4.69, 9.17) is 14.9 Å². The van der Waals surface area contributed by atoms with Gasteiger partial charge in [-0.3, -0.25) is 0 Å². The summed E-state index contributed by atoms with van der Waals surface area (Å²) in [5.74, 6) is 0.823. The first-order chi connectivity index (χ1) is 8.93. The third-order valence-corrected chi connectivity index (χ3v) is 3.61. The number of rotatable bonds is 2. The molecular formula is C16H16Cl3OTi. The van der Waals surface area contributed by atoms with Crippen LogP contribution in [0.2, 0.25) is 5.02 Å². The minimum atomic E-state index is 0. The molecule has 111 valence electrons. The van der Waals surface area contributed by atoms with Crippen molar-refractivity contribution in [2.75, 3.05) is 0 Å². The standard InChI is InChI=1S/C16H17ClO.2ClH.Ti/c1-16(2,3)13-9-12(17)10-14(18)15(13)11-7-5-4-6-8-11;;;/h4-10,18H,1-3H3;2*1H;/q;;;+3/p-3. The summed E-state index contributed by atoms with van der Waals surface area (Å²) in [4.78, 5) is 0. The number of halogens is 3. The van der Waals surface area contributed by atoms with Crippen molar-refractivity contribution in [3.05, 3.63) is 53.1 Å². The fourth-order valence-corrected chi connectivity index (χ4v) is 2.62. The molecule has 0 heterocycles. The zero-order valence-corrected chi connectivity index (χ0v) is 15.9. The molecule has 0 amide bonds. The first-order valence-electron chi connectivity index (χ1n) is 6.16. The summed E-state index contributed by atoms with van der Waals surface area (Å²) in [5, 5.41) is 0.710. The normalized spacial score (nSPS) is 10.4. The average molecular weight is 379 g/mol. The molecule has 0 saturated heterocycles. The van der Waals surface area contributed by atoms with E-state index in [9.17, 15) is 0 Å². The van der Waals surface area contributed by atoms with Gasteiger partial charge in [0.2, 0.25) is 0 Å². The maximum absolute atomic E-state index is 6.21. The summed E-state index contributed by atoms with van der Waals surface area (Å²) < 4.78 is 5.53. The van der Waals surface area contributed by atoms with Crippen molar-refractivity contribution in [2.45, 2.75) is 26.2 Å². The van der Waals surface area contributed by atoms with Crippen LogP contribution in [0.3, 0.4) is 0 Å². The van der Waals surface area contributed by atoms with Crippen LogP contribution in [0.15, 0.2) is 42.5 Å². The average Bonchev–Trinajstić information content (AvgIpc) is 2.37. The van der Waals surface area contributed by atoms with E-state index in [1.54, 1.807) is 20.8 Å². The van der Waals surface area contributed by atoms with Crippen LogP contribution in [-0.4, -0.2) is 0 Å². The van der Waals surface area contributed by atoms with Crippen LogP contribution in [0, 0.1) is 0 Å². The largest absolute Gasteiger partial charge is 1.00 e. The molecule has 0 aliphatic rings. The molecule has 1 nitrogen and oxygen atoms in total. The summed E-state index contributed by atoms with van der Waals surface area (Å²) in [5.41, 5.74) is 3.48. The van der Waals surface area contributed by atoms with Gasteiger partial charge >= 0.3 is 132 Å². The molecule has 0 atom stereocenters. The summed E-state index contributed by atoms with van der Waals surface area (Å²) in [7, 11) is 0. The van der Waals surface area contributed by atoms with Gasteiger partial charge < -0.3 is 24.8 Å². The molecule has 0 bridgehead atoms. The van der Waals surface area contributed by atoms with Gasteiger partial charge in [0.1, 0.15) is 0 Å². The van der Waals surface area contributed by atoms with Gasteiger partial charge in [0, 0.05) is 0 Å². The number of hydrogen-bond donors (Lipinski definition) is 0. The van der Waals surface area contributed by atoms with Crippen molar-refractivity contribution in [3.8, 4) is 16.9 Å². The van der Waals surface area contributed by atoms with Crippen molar-refractivity contribution in [1.82, 2.24) is 0 Å². The molecule has 2 aromatic rings. The molecule has 0 saturated carbocycles. The minimum absolute atomic E-state index is 0. The predicted molar refractivity (Wildman–Crippen MR) is 76.2 cm³/mol. The second-order valence-electron chi connectivity index (χ2n) is 5.54. The molecule has 0 aliphatic heterocycles. The van der Waals surface area contributed by atoms with Crippen molar-refractivity contribution in [1.29, 1.82) is 0 Å². The van der Waals surface area contributed by atoms with E-state index in [1.807, 2.05) is 30.3 Å². The smallest absolute Gasteiger partial charge is 1.00 e. The van der Waals surface area contributed by atoms with Gasteiger partial charge in [-0.15, -0.1) is 0 Å². The summed E-state index contributed by atoms with van der Waals surface area (Å²) >= 11 is 7.90. The van der Waals surface area contributed by atoms with Crippen molar-refractivity contribution < 1.29 is 49.0 Å². The maximum Gasteiger partial charge on any atom is -1.00 e. The zero-order chi connectivity index (χ0) is 14.0. The van der Waals surface area contributed by atoms with E-state index >= 15 is 0 Å². The van der Waals surface area contributed by atoms with Crippen LogP contribution in [0.25, 0.3) is 11.1 Å². The van der Waals surface area contributed by atoms with Gasteiger partial charge in [0.15, 0.2) is 0 Å². The van der Waals surface area contributed by atoms with Crippen molar-refractivity contribution in [3.63, 3.8) is 0 Å². The molecule has 0 unspecified atom stereocenters. The predicted octanol–water partition coefficient (Wildman–Crippen LogP) is -0.847. The Morgan fingerprint density at radius 1 is 1.00 bits per heavy atom. The Morgan fingerprint density at radius 2 is 1.57 bits per heavy atom. The van der Waals surface area contributed by atoms with E-state index in [0.717, 1.165) is 16.9 Å². The Kier molecular flexibility index (Phi) is 8.38. The molecule has 0 spiro atoms. The molecule has 2 aromatic carbocycles. The first kappa shape index (κ1) is 20.8. The summed E-state index contributed by atoms with van der Waals surface area (Å²) in [6, 6.07) is 14.2. The van der Waals surface area contributed by atoms with Crippen LogP contribution >= 0.6 is 11.6 Å². The molecule has 21 heavy (non-hydrogen) atoms. The van der Waals surface area contributed by atoms with Gasteiger partial charge in [0.25, 0.3) is 0 Å². The molecule has 5 heteroatoms. The van der Waals surface area contributed by atoms with E-state index in [1.165, 1.54) is 5.56 Å². The Balaban J connectivity index is 0.00000200. The quantitative estimate of drug-likeness (QED) is 0.619. The Bertz CT molecular complexity index is 580. The van der Waals surface area contributed by atoms with Gasteiger partial charge in [-0.2, -0.15) is 0 Å². The summed E-state index contributed by atoms with van der Waals surface area (Å²) in [6.45, 7) is 6.56. The van der Waals surface area contributed by atoms with Crippen molar-refractivity contribution >= 4 is 11.6 Å². The Hall–Kier alpha value is -0.176. The maximum atomic E-state index is 6.21. The van der Waals surface area contributed by atoms with Crippen LogP contribution in [0.4, 0.5) is 0 Å². The molecule has 2 rings (SSSR count). The SMILES string of the molecule is CC(C)(C)c1cc(Cl)cc([O][Ti+2])c1-c1ccccc1.[Cl-].[Cl-]. The van der Waals surface area contributed by atoms with Gasteiger partial charge in [-0.05, 0) is 0 Å². The van der Waals surface area contributed by atoms with Gasteiger partial charge in [-0.1, -0.05) is 0 Å². The molecule has 0 radical (unpaired) electrons. The van der Waals surface area contributed by atoms with E-state index in [2.05, 4.69) is 32.9 Å². The van der Waals surface area contributed by atoms with Crippen molar-refractivity contribution in [2.24, 2.45) is 0 Å². The number of hydrogen-bond acceptors (Lipinski definition) is 1. The van der Waals surface area contributed by atoms with E-state index < -0.39 is 0 Å². The van der Waals surface area contributed by atoms with E-state index in [-0.39, 0.29) is 30.2 Å². The molecule has 0 N–H and O–H groups in total. The fraction of sp³-hybridized carbons (Fsp3) is 0.250. The summed E-state index contributed by atoms with van der Waals surface area (Å²) in [6.07, 6.45) is 0. The fourth-order valence-electron chi connectivity index (χ4n) is 2.16. The third-order valence-electron chi connectivity index (χ3n) is 3.05. The van der Waals surface area contributed by atoms with Crippen LogP contribution < -0.4 is 28.1 Å². The van der Waals surface area contributed by atoms with Crippen LogP contribution in [0.5, 0.6) is 5.75 Å². The minimum Gasteiger partial charge on any atom is -1.00 e. The zero-order valence-electron chi connectivity index (χ0n) is 12.1. The van der Waals surface area contributed by atoms with Gasteiger partial charge in [-0.25, -0.2) is 0 Å².